The van der Waals surface area contributed by atoms with Gasteiger partial charge in [-0.1, -0.05) is 0 Å². The molecular weight excluding hydrogens is 210 g/mol. The summed E-state index contributed by atoms with van der Waals surface area (Å²) in [7, 11) is 4.49. The maximum Gasteiger partial charge on any atom is 0.252 e. The molecule has 0 aromatic heterocycles. The first kappa shape index (κ1) is 12.2. The molecule has 1 aromatic carbocycles. The van der Waals surface area contributed by atoms with Crippen molar-refractivity contribution < 1.29 is 19.0 Å². The van der Waals surface area contributed by atoms with Crippen LogP contribution in [-0.4, -0.2) is 27.2 Å². The number of methoxy groups -OCH3 is 3. The van der Waals surface area contributed by atoms with Crippen LogP contribution >= 0.6 is 0 Å². The maximum atomic E-state index is 11.2. The highest BCUT2D eigenvalue weighted by atomic mass is 16.5. The lowest BCUT2D eigenvalue weighted by molar-refractivity contribution is 0.0996. The fourth-order valence-corrected chi connectivity index (χ4v) is 1.60. The van der Waals surface area contributed by atoms with E-state index < -0.39 is 5.91 Å². The van der Waals surface area contributed by atoms with Crippen LogP contribution in [-0.2, 0) is 0 Å². The largest absolute Gasteiger partial charge is 0.495 e. The van der Waals surface area contributed by atoms with E-state index in [-0.39, 0.29) is 5.56 Å². The Bertz CT molecular complexity index is 415. The third-order valence-electron chi connectivity index (χ3n) is 2.32. The van der Waals surface area contributed by atoms with Crippen LogP contribution in [0.2, 0.25) is 0 Å². The maximum absolute atomic E-state index is 11.2. The van der Waals surface area contributed by atoms with Crippen LogP contribution in [0, 0.1) is 6.92 Å². The Morgan fingerprint density at radius 2 is 1.69 bits per heavy atom. The summed E-state index contributed by atoms with van der Waals surface area (Å²) in [5.41, 5.74) is 6.21. The minimum Gasteiger partial charge on any atom is -0.495 e. The smallest absolute Gasteiger partial charge is 0.252 e. The van der Waals surface area contributed by atoms with Gasteiger partial charge in [0.1, 0.15) is 5.75 Å². The Morgan fingerprint density at radius 3 is 2.06 bits per heavy atom. The molecule has 0 radical (unpaired) electrons. The molecule has 1 aromatic rings. The van der Waals surface area contributed by atoms with Gasteiger partial charge in [-0.25, -0.2) is 0 Å². The predicted molar refractivity (Wildman–Crippen MR) is 59.4 cm³/mol. The Hall–Kier alpha value is -1.91. The van der Waals surface area contributed by atoms with E-state index >= 15 is 0 Å². The molecule has 0 unspecified atom stereocenters. The van der Waals surface area contributed by atoms with Crippen molar-refractivity contribution in [2.45, 2.75) is 6.92 Å². The van der Waals surface area contributed by atoms with Crippen LogP contribution < -0.4 is 19.9 Å². The van der Waals surface area contributed by atoms with Crippen molar-refractivity contribution in [2.24, 2.45) is 5.73 Å². The van der Waals surface area contributed by atoms with Gasteiger partial charge in [-0.3, -0.25) is 4.79 Å². The van der Waals surface area contributed by atoms with Gasteiger partial charge in [-0.15, -0.1) is 0 Å². The van der Waals surface area contributed by atoms with E-state index in [1.165, 1.54) is 27.4 Å². The summed E-state index contributed by atoms with van der Waals surface area (Å²) < 4.78 is 15.4. The zero-order valence-corrected chi connectivity index (χ0v) is 9.79. The molecule has 0 aliphatic carbocycles. The molecule has 0 bridgehead atoms. The Balaban J connectivity index is 3.54. The highest BCUT2D eigenvalue weighted by molar-refractivity contribution is 5.97. The number of hydrogen-bond donors (Lipinski definition) is 1. The second kappa shape index (κ2) is 4.74. The minimum absolute atomic E-state index is 0.276. The van der Waals surface area contributed by atoms with E-state index in [4.69, 9.17) is 19.9 Å². The summed E-state index contributed by atoms with van der Waals surface area (Å²) in [6.07, 6.45) is 0. The van der Waals surface area contributed by atoms with Gasteiger partial charge < -0.3 is 19.9 Å². The third-order valence-corrected chi connectivity index (χ3v) is 2.32. The van der Waals surface area contributed by atoms with E-state index in [0.29, 0.717) is 22.8 Å². The summed E-state index contributed by atoms with van der Waals surface area (Å²) in [4.78, 5) is 11.2. The van der Waals surface area contributed by atoms with Gasteiger partial charge >= 0.3 is 0 Å². The molecule has 0 spiro atoms. The first-order valence-corrected chi connectivity index (χ1v) is 4.66. The second-order valence-electron chi connectivity index (χ2n) is 3.18. The minimum atomic E-state index is -0.569. The fraction of sp³-hybridized carbons (Fsp3) is 0.364. The van der Waals surface area contributed by atoms with Crippen LogP contribution in [0.15, 0.2) is 6.07 Å². The van der Waals surface area contributed by atoms with E-state index in [1.54, 1.807) is 6.92 Å². The van der Waals surface area contributed by atoms with Crippen molar-refractivity contribution in [1.82, 2.24) is 0 Å². The predicted octanol–water partition coefficient (Wildman–Crippen LogP) is 1.12. The van der Waals surface area contributed by atoms with Crippen LogP contribution in [0.25, 0.3) is 0 Å². The Labute approximate surface area is 94.1 Å². The molecule has 0 saturated heterocycles. The van der Waals surface area contributed by atoms with Crippen molar-refractivity contribution in [2.75, 3.05) is 21.3 Å². The molecule has 16 heavy (non-hydrogen) atoms. The average molecular weight is 225 g/mol. The summed E-state index contributed by atoms with van der Waals surface area (Å²) in [6.45, 7) is 1.77. The lowest BCUT2D eigenvalue weighted by atomic mass is 10.1. The van der Waals surface area contributed by atoms with Gasteiger partial charge in [-0.05, 0) is 6.92 Å². The topological polar surface area (TPSA) is 70.8 Å². The number of ether oxygens (including phenoxy) is 3. The normalized spacial score (nSPS) is 9.75. The van der Waals surface area contributed by atoms with E-state index in [1.807, 2.05) is 0 Å². The quantitative estimate of drug-likeness (QED) is 0.833. The van der Waals surface area contributed by atoms with E-state index in [0.717, 1.165) is 0 Å². The third kappa shape index (κ3) is 1.88. The van der Waals surface area contributed by atoms with Gasteiger partial charge in [0.25, 0.3) is 5.91 Å². The monoisotopic (exact) mass is 225 g/mol. The number of amides is 1. The number of carbonyl (C=O) groups is 1. The second-order valence-corrected chi connectivity index (χ2v) is 3.18. The number of benzene rings is 1. The standard InChI is InChI=1S/C11H15NO4/c1-6-9(15-3)7(11(12)13)5-8(14-2)10(6)16-4/h5H,1-4H3,(H2,12,13). The zero-order valence-electron chi connectivity index (χ0n) is 9.79. The van der Waals surface area contributed by atoms with Crippen LogP contribution in [0.5, 0.6) is 17.2 Å². The number of hydrogen-bond acceptors (Lipinski definition) is 4. The summed E-state index contributed by atoms with van der Waals surface area (Å²) in [5.74, 6) is 0.824. The van der Waals surface area contributed by atoms with Gasteiger partial charge in [0.05, 0.1) is 26.9 Å². The van der Waals surface area contributed by atoms with Crippen LogP contribution in [0.4, 0.5) is 0 Å². The molecule has 5 nitrogen and oxygen atoms in total. The first-order chi connectivity index (χ1) is 7.56. The fourth-order valence-electron chi connectivity index (χ4n) is 1.60. The summed E-state index contributed by atoms with van der Waals surface area (Å²) in [6, 6.07) is 1.51. The van der Waals surface area contributed by atoms with Crippen molar-refractivity contribution >= 4 is 5.91 Å². The molecule has 0 fully saturated rings. The lowest BCUT2D eigenvalue weighted by Gasteiger charge is -2.16. The molecule has 5 heteroatoms. The number of nitrogens with two attached hydrogens (primary N) is 1. The van der Waals surface area contributed by atoms with Crippen molar-refractivity contribution in [3.8, 4) is 17.2 Å². The van der Waals surface area contributed by atoms with E-state index in [9.17, 15) is 4.79 Å². The molecule has 88 valence electrons. The van der Waals surface area contributed by atoms with Crippen LogP contribution in [0.3, 0.4) is 0 Å². The van der Waals surface area contributed by atoms with Gasteiger partial charge in [0.15, 0.2) is 11.5 Å². The molecule has 0 aliphatic rings. The summed E-state index contributed by atoms with van der Waals surface area (Å²) >= 11 is 0. The van der Waals surface area contributed by atoms with Gasteiger partial charge in [0.2, 0.25) is 0 Å². The molecule has 0 aliphatic heterocycles. The molecule has 0 saturated carbocycles. The molecule has 1 rings (SSSR count). The highest BCUT2D eigenvalue weighted by Gasteiger charge is 2.19. The first-order valence-electron chi connectivity index (χ1n) is 4.66. The molecule has 2 N–H and O–H groups in total. The molecule has 0 heterocycles. The van der Waals surface area contributed by atoms with Crippen molar-refractivity contribution in [3.63, 3.8) is 0 Å². The summed E-state index contributed by atoms with van der Waals surface area (Å²) in [5, 5.41) is 0. The number of rotatable bonds is 4. The zero-order chi connectivity index (χ0) is 12.3. The number of primary amides is 1. The van der Waals surface area contributed by atoms with Gasteiger partial charge in [-0.2, -0.15) is 0 Å². The molecule has 0 atom stereocenters. The van der Waals surface area contributed by atoms with Crippen molar-refractivity contribution in [1.29, 1.82) is 0 Å². The lowest BCUT2D eigenvalue weighted by Crippen LogP contribution is -2.14. The molecular formula is C11H15NO4. The molecule has 1 amide bonds. The SMILES string of the molecule is COc1cc(C(N)=O)c(OC)c(C)c1OC. The van der Waals surface area contributed by atoms with Crippen LogP contribution in [0.1, 0.15) is 15.9 Å². The van der Waals surface area contributed by atoms with E-state index in [2.05, 4.69) is 0 Å². The highest BCUT2D eigenvalue weighted by Crippen LogP contribution is 2.39. The number of carbonyl (C=O) groups excluding carboxylic acids is 1. The van der Waals surface area contributed by atoms with Crippen molar-refractivity contribution in [3.05, 3.63) is 17.2 Å². The Morgan fingerprint density at radius 1 is 1.12 bits per heavy atom. The average Bonchev–Trinajstić information content (AvgIpc) is 2.27. The Kier molecular flexibility index (Phi) is 3.60. The van der Waals surface area contributed by atoms with Gasteiger partial charge in [0, 0.05) is 11.6 Å².